The average molecular weight is 399 g/mol. The molecule has 5 heteroatoms. The van der Waals surface area contributed by atoms with E-state index in [1.54, 1.807) is 24.1 Å². The van der Waals surface area contributed by atoms with Crippen molar-refractivity contribution < 1.29 is 9.18 Å². The SMILES string of the molecule is CN(Cc1cn(-c2ccccc2)nc1-c1ccccc1)C(=O)Cc1cccc(F)c1. The van der Waals surface area contributed by atoms with Crippen molar-refractivity contribution in [2.24, 2.45) is 0 Å². The minimum absolute atomic E-state index is 0.0768. The van der Waals surface area contributed by atoms with Gasteiger partial charge >= 0.3 is 0 Å². The second-order valence-corrected chi connectivity index (χ2v) is 7.21. The summed E-state index contributed by atoms with van der Waals surface area (Å²) in [6.07, 6.45) is 2.12. The molecule has 0 aliphatic carbocycles. The van der Waals surface area contributed by atoms with Crippen LogP contribution in [0.3, 0.4) is 0 Å². The summed E-state index contributed by atoms with van der Waals surface area (Å²) in [5.41, 5.74) is 4.39. The number of amides is 1. The standard InChI is InChI=1S/C25H22FN3O/c1-28(24(30)16-19-9-8-12-22(26)15-19)17-21-18-29(23-13-6-3-7-14-23)27-25(21)20-10-4-2-5-11-20/h2-15,18H,16-17H2,1H3. The van der Waals surface area contributed by atoms with Crippen LogP contribution in [0.2, 0.25) is 0 Å². The van der Waals surface area contributed by atoms with Gasteiger partial charge < -0.3 is 4.90 Å². The van der Waals surface area contributed by atoms with Gasteiger partial charge in [-0.15, -0.1) is 0 Å². The largest absolute Gasteiger partial charge is 0.341 e. The van der Waals surface area contributed by atoms with E-state index in [1.165, 1.54) is 12.1 Å². The highest BCUT2D eigenvalue weighted by molar-refractivity contribution is 5.78. The normalized spacial score (nSPS) is 10.7. The predicted octanol–water partition coefficient (Wildman–Crippen LogP) is 4.88. The molecule has 0 fully saturated rings. The number of para-hydroxylation sites is 1. The molecule has 0 unspecified atom stereocenters. The molecule has 0 N–H and O–H groups in total. The number of carbonyl (C=O) groups excluding carboxylic acids is 1. The summed E-state index contributed by atoms with van der Waals surface area (Å²) in [6, 6.07) is 26.0. The Balaban J connectivity index is 1.60. The molecule has 3 aromatic carbocycles. The molecule has 4 rings (SSSR count). The quantitative estimate of drug-likeness (QED) is 0.463. The number of rotatable bonds is 6. The van der Waals surface area contributed by atoms with Crippen LogP contribution in [0.1, 0.15) is 11.1 Å². The number of nitrogens with zero attached hydrogens (tertiary/aromatic N) is 3. The molecule has 0 saturated heterocycles. The van der Waals surface area contributed by atoms with Crippen LogP contribution in [0.5, 0.6) is 0 Å². The third-order valence-electron chi connectivity index (χ3n) is 4.94. The number of benzene rings is 3. The van der Waals surface area contributed by atoms with Crippen LogP contribution >= 0.6 is 0 Å². The molecular formula is C25H22FN3O. The third kappa shape index (κ3) is 4.46. The molecule has 1 amide bonds. The van der Waals surface area contributed by atoms with Gasteiger partial charge in [0.1, 0.15) is 5.82 Å². The van der Waals surface area contributed by atoms with E-state index in [0.717, 1.165) is 22.5 Å². The van der Waals surface area contributed by atoms with Crippen molar-refractivity contribution in [1.29, 1.82) is 0 Å². The number of aromatic nitrogens is 2. The molecule has 150 valence electrons. The van der Waals surface area contributed by atoms with Gasteiger partial charge in [-0.1, -0.05) is 60.7 Å². The zero-order valence-corrected chi connectivity index (χ0v) is 16.7. The minimum atomic E-state index is -0.335. The summed E-state index contributed by atoms with van der Waals surface area (Å²) in [5, 5.41) is 4.79. The lowest BCUT2D eigenvalue weighted by Crippen LogP contribution is -2.27. The van der Waals surface area contributed by atoms with Crippen molar-refractivity contribution in [3.05, 3.63) is 108 Å². The van der Waals surface area contributed by atoms with E-state index in [4.69, 9.17) is 5.10 Å². The van der Waals surface area contributed by atoms with Crippen LogP contribution in [-0.2, 0) is 17.8 Å². The Morgan fingerprint density at radius 1 is 0.967 bits per heavy atom. The molecule has 0 spiro atoms. The summed E-state index contributed by atoms with van der Waals surface area (Å²) >= 11 is 0. The smallest absolute Gasteiger partial charge is 0.227 e. The number of hydrogen-bond acceptors (Lipinski definition) is 2. The summed E-state index contributed by atoms with van der Waals surface area (Å²) in [6.45, 7) is 0.408. The Labute approximate surface area is 175 Å². The molecule has 4 aromatic rings. The van der Waals surface area contributed by atoms with Gasteiger partial charge in [0.25, 0.3) is 0 Å². The maximum Gasteiger partial charge on any atom is 0.227 e. The van der Waals surface area contributed by atoms with Crippen molar-refractivity contribution in [3.63, 3.8) is 0 Å². The number of hydrogen-bond donors (Lipinski definition) is 0. The molecule has 0 radical (unpaired) electrons. The fourth-order valence-corrected chi connectivity index (χ4v) is 3.38. The first-order valence-electron chi connectivity index (χ1n) is 9.78. The zero-order valence-electron chi connectivity index (χ0n) is 16.7. The van der Waals surface area contributed by atoms with Crippen molar-refractivity contribution in [2.45, 2.75) is 13.0 Å². The van der Waals surface area contributed by atoms with Crippen molar-refractivity contribution in [1.82, 2.24) is 14.7 Å². The molecule has 0 aliphatic heterocycles. The number of carbonyl (C=O) groups is 1. The molecule has 4 nitrogen and oxygen atoms in total. The van der Waals surface area contributed by atoms with Gasteiger partial charge in [-0.05, 0) is 29.8 Å². The van der Waals surface area contributed by atoms with Gasteiger partial charge in [0, 0.05) is 30.9 Å². The van der Waals surface area contributed by atoms with Gasteiger partial charge in [-0.3, -0.25) is 4.79 Å². The predicted molar refractivity (Wildman–Crippen MR) is 116 cm³/mol. The molecule has 0 bridgehead atoms. The van der Waals surface area contributed by atoms with Gasteiger partial charge in [-0.25, -0.2) is 9.07 Å². The van der Waals surface area contributed by atoms with Crippen LogP contribution in [0.15, 0.2) is 91.1 Å². The van der Waals surface area contributed by atoms with Gasteiger partial charge in [0.2, 0.25) is 5.91 Å². The number of halogens is 1. The fourth-order valence-electron chi connectivity index (χ4n) is 3.38. The second kappa shape index (κ2) is 8.74. The van der Waals surface area contributed by atoms with Crippen molar-refractivity contribution in [2.75, 3.05) is 7.05 Å². The molecule has 0 aliphatic rings. The van der Waals surface area contributed by atoms with E-state index in [0.29, 0.717) is 12.1 Å². The monoisotopic (exact) mass is 399 g/mol. The lowest BCUT2D eigenvalue weighted by atomic mass is 10.1. The Morgan fingerprint density at radius 2 is 1.67 bits per heavy atom. The van der Waals surface area contributed by atoms with Crippen LogP contribution in [0.4, 0.5) is 4.39 Å². The van der Waals surface area contributed by atoms with E-state index in [9.17, 15) is 9.18 Å². The molecule has 30 heavy (non-hydrogen) atoms. The highest BCUT2D eigenvalue weighted by Gasteiger charge is 2.17. The zero-order chi connectivity index (χ0) is 20.9. The fraction of sp³-hybridized carbons (Fsp3) is 0.120. The van der Waals surface area contributed by atoms with Gasteiger partial charge in [0.15, 0.2) is 0 Å². The number of likely N-dealkylation sites (N-methyl/N-ethyl adjacent to an activating group) is 1. The first-order valence-corrected chi connectivity index (χ1v) is 9.78. The third-order valence-corrected chi connectivity index (χ3v) is 4.94. The van der Waals surface area contributed by atoms with Crippen LogP contribution in [-0.4, -0.2) is 27.6 Å². The highest BCUT2D eigenvalue weighted by atomic mass is 19.1. The maximum absolute atomic E-state index is 13.4. The Hall–Kier alpha value is -3.73. The average Bonchev–Trinajstić information content (AvgIpc) is 3.19. The summed E-state index contributed by atoms with van der Waals surface area (Å²) in [5.74, 6) is -0.412. The Kier molecular flexibility index (Phi) is 5.70. The van der Waals surface area contributed by atoms with Crippen molar-refractivity contribution in [3.8, 4) is 16.9 Å². The lowest BCUT2D eigenvalue weighted by molar-refractivity contribution is -0.129. The molecule has 0 atom stereocenters. The Bertz CT molecular complexity index is 1140. The molecule has 0 saturated carbocycles. The van der Waals surface area contributed by atoms with E-state index in [2.05, 4.69) is 0 Å². The molecular weight excluding hydrogens is 377 g/mol. The summed E-state index contributed by atoms with van der Waals surface area (Å²) in [7, 11) is 1.76. The van der Waals surface area contributed by atoms with E-state index >= 15 is 0 Å². The van der Waals surface area contributed by atoms with Crippen LogP contribution in [0.25, 0.3) is 16.9 Å². The van der Waals surface area contributed by atoms with E-state index < -0.39 is 0 Å². The Morgan fingerprint density at radius 3 is 2.37 bits per heavy atom. The summed E-state index contributed by atoms with van der Waals surface area (Å²) < 4.78 is 15.3. The molecule has 1 heterocycles. The van der Waals surface area contributed by atoms with Gasteiger partial charge in [0.05, 0.1) is 17.8 Å². The van der Waals surface area contributed by atoms with Gasteiger partial charge in [-0.2, -0.15) is 5.10 Å². The highest BCUT2D eigenvalue weighted by Crippen LogP contribution is 2.25. The van der Waals surface area contributed by atoms with Crippen LogP contribution in [0, 0.1) is 5.82 Å². The molecule has 1 aromatic heterocycles. The first-order chi connectivity index (χ1) is 14.6. The van der Waals surface area contributed by atoms with E-state index in [1.807, 2.05) is 71.5 Å². The maximum atomic E-state index is 13.4. The minimum Gasteiger partial charge on any atom is -0.341 e. The van der Waals surface area contributed by atoms with Crippen LogP contribution < -0.4 is 0 Å². The first kappa shape index (κ1) is 19.6. The second-order valence-electron chi connectivity index (χ2n) is 7.21. The lowest BCUT2D eigenvalue weighted by Gasteiger charge is -2.17. The van der Waals surface area contributed by atoms with E-state index in [-0.39, 0.29) is 18.1 Å². The summed E-state index contributed by atoms with van der Waals surface area (Å²) in [4.78, 5) is 14.4. The topological polar surface area (TPSA) is 38.1 Å². The van der Waals surface area contributed by atoms with Crippen molar-refractivity contribution >= 4 is 5.91 Å².